The van der Waals surface area contributed by atoms with Gasteiger partial charge in [0.2, 0.25) is 0 Å². The normalized spacial score (nSPS) is 11.8. The second kappa shape index (κ2) is 6.71. The number of rotatable bonds is 6. The highest BCUT2D eigenvalue weighted by molar-refractivity contribution is 7.18. The Bertz CT molecular complexity index is 616. The van der Waals surface area contributed by atoms with Crippen molar-refractivity contribution in [2.75, 3.05) is 19.4 Å². The number of nitrogens with one attached hydrogen (secondary N) is 1. The van der Waals surface area contributed by atoms with Crippen LogP contribution in [0, 0.1) is 13.8 Å². The monoisotopic (exact) mass is 306 g/mol. The van der Waals surface area contributed by atoms with Crippen LogP contribution >= 0.6 is 11.3 Å². The van der Waals surface area contributed by atoms with E-state index in [2.05, 4.69) is 45.0 Å². The van der Waals surface area contributed by atoms with Gasteiger partial charge in [-0.2, -0.15) is 0 Å². The SMILES string of the molecule is CCC(CC)N(C)Cc1nc(NC)c2c(C)c(C)sc2n1. The Morgan fingerprint density at radius 3 is 2.43 bits per heavy atom. The number of anilines is 1. The Kier molecular flexibility index (Phi) is 5.17. The van der Waals surface area contributed by atoms with Crippen molar-refractivity contribution < 1.29 is 0 Å². The molecular weight excluding hydrogens is 280 g/mol. The van der Waals surface area contributed by atoms with Crippen LogP contribution in [0.5, 0.6) is 0 Å². The summed E-state index contributed by atoms with van der Waals surface area (Å²) >= 11 is 1.76. The third kappa shape index (κ3) is 3.19. The first-order valence-electron chi connectivity index (χ1n) is 7.66. The highest BCUT2D eigenvalue weighted by Crippen LogP contribution is 2.33. The lowest BCUT2D eigenvalue weighted by molar-refractivity contribution is 0.217. The summed E-state index contributed by atoms with van der Waals surface area (Å²) in [5.41, 5.74) is 1.29. The van der Waals surface area contributed by atoms with E-state index in [4.69, 9.17) is 9.97 Å². The fourth-order valence-electron chi connectivity index (χ4n) is 2.81. The van der Waals surface area contributed by atoms with Gasteiger partial charge in [0.25, 0.3) is 0 Å². The van der Waals surface area contributed by atoms with Crippen molar-refractivity contribution in [1.82, 2.24) is 14.9 Å². The number of aromatic nitrogens is 2. The average molecular weight is 306 g/mol. The Hall–Kier alpha value is -1.20. The minimum Gasteiger partial charge on any atom is -0.372 e. The van der Waals surface area contributed by atoms with Crippen molar-refractivity contribution >= 4 is 27.4 Å². The molecule has 0 radical (unpaired) electrons. The van der Waals surface area contributed by atoms with Gasteiger partial charge in [0.05, 0.1) is 11.9 Å². The molecule has 116 valence electrons. The molecule has 4 nitrogen and oxygen atoms in total. The van der Waals surface area contributed by atoms with Gasteiger partial charge in [-0.15, -0.1) is 11.3 Å². The maximum Gasteiger partial charge on any atom is 0.146 e. The molecule has 0 atom stereocenters. The number of fused-ring (bicyclic) bond motifs is 1. The molecule has 0 aliphatic carbocycles. The topological polar surface area (TPSA) is 41.1 Å². The third-order valence-corrected chi connectivity index (χ3v) is 5.37. The van der Waals surface area contributed by atoms with E-state index in [1.54, 1.807) is 11.3 Å². The predicted octanol–water partition coefficient (Wildman–Crippen LogP) is 3.97. The summed E-state index contributed by atoms with van der Waals surface area (Å²) in [4.78, 5) is 14.3. The van der Waals surface area contributed by atoms with Crippen LogP contribution in [0.25, 0.3) is 10.2 Å². The molecule has 0 saturated heterocycles. The Labute approximate surface area is 131 Å². The van der Waals surface area contributed by atoms with E-state index in [0.717, 1.165) is 35.9 Å². The molecule has 0 unspecified atom stereocenters. The standard InChI is InChI=1S/C16H26N4S/c1-7-12(8-2)20(6)9-13-18-15(17-5)14-10(3)11(4)21-16(14)19-13/h12H,7-9H2,1-6H3,(H,17,18,19). The molecule has 0 aliphatic heterocycles. The molecule has 0 fully saturated rings. The van der Waals surface area contributed by atoms with E-state index in [-0.39, 0.29) is 0 Å². The molecule has 0 saturated carbocycles. The smallest absolute Gasteiger partial charge is 0.146 e. The van der Waals surface area contributed by atoms with Crippen molar-refractivity contribution in [3.05, 3.63) is 16.3 Å². The quantitative estimate of drug-likeness (QED) is 0.876. The van der Waals surface area contributed by atoms with Crippen molar-refractivity contribution in [2.24, 2.45) is 0 Å². The Balaban J connectivity index is 2.37. The molecule has 2 aromatic heterocycles. The fraction of sp³-hybridized carbons (Fsp3) is 0.625. The summed E-state index contributed by atoms with van der Waals surface area (Å²) in [6.45, 7) is 9.57. The van der Waals surface area contributed by atoms with Gasteiger partial charge in [0.15, 0.2) is 0 Å². The van der Waals surface area contributed by atoms with E-state index in [9.17, 15) is 0 Å². The summed E-state index contributed by atoms with van der Waals surface area (Å²) in [7, 11) is 4.10. The van der Waals surface area contributed by atoms with Gasteiger partial charge in [-0.3, -0.25) is 4.90 Å². The second-order valence-electron chi connectivity index (χ2n) is 5.59. The molecule has 2 heterocycles. The van der Waals surface area contributed by atoms with E-state index in [1.807, 2.05) is 7.05 Å². The fourth-order valence-corrected chi connectivity index (χ4v) is 3.86. The average Bonchev–Trinajstić information content (AvgIpc) is 2.74. The maximum atomic E-state index is 4.78. The highest BCUT2D eigenvalue weighted by Gasteiger charge is 2.16. The lowest BCUT2D eigenvalue weighted by atomic mass is 10.1. The zero-order chi connectivity index (χ0) is 15.6. The Morgan fingerprint density at radius 1 is 1.19 bits per heavy atom. The Morgan fingerprint density at radius 2 is 1.86 bits per heavy atom. The van der Waals surface area contributed by atoms with Crippen LogP contribution in [0.4, 0.5) is 5.82 Å². The summed E-state index contributed by atoms with van der Waals surface area (Å²) < 4.78 is 0. The molecule has 5 heteroatoms. The third-order valence-electron chi connectivity index (χ3n) is 4.27. The molecular formula is C16H26N4S. The minimum atomic E-state index is 0.592. The first-order chi connectivity index (χ1) is 10.0. The summed E-state index contributed by atoms with van der Waals surface area (Å²) in [5.74, 6) is 1.86. The summed E-state index contributed by atoms with van der Waals surface area (Å²) in [6, 6.07) is 0.592. The van der Waals surface area contributed by atoms with Crippen LogP contribution < -0.4 is 5.32 Å². The van der Waals surface area contributed by atoms with Crippen LogP contribution in [0.3, 0.4) is 0 Å². The highest BCUT2D eigenvalue weighted by atomic mass is 32.1. The minimum absolute atomic E-state index is 0.592. The van der Waals surface area contributed by atoms with Gasteiger partial charge >= 0.3 is 0 Å². The lowest BCUT2D eigenvalue weighted by Crippen LogP contribution is -2.30. The molecule has 2 aromatic rings. The predicted molar refractivity (Wildman–Crippen MR) is 92.3 cm³/mol. The number of nitrogens with zero attached hydrogens (tertiary/aromatic N) is 3. The number of hydrogen-bond acceptors (Lipinski definition) is 5. The zero-order valence-electron chi connectivity index (χ0n) is 13.9. The lowest BCUT2D eigenvalue weighted by Gasteiger charge is -2.25. The van der Waals surface area contributed by atoms with Gasteiger partial charge in [-0.25, -0.2) is 9.97 Å². The summed E-state index contributed by atoms with van der Waals surface area (Å²) in [5, 5.41) is 4.41. The van der Waals surface area contributed by atoms with Crippen molar-refractivity contribution in [3.63, 3.8) is 0 Å². The van der Waals surface area contributed by atoms with Crippen molar-refractivity contribution in [1.29, 1.82) is 0 Å². The van der Waals surface area contributed by atoms with Crippen LogP contribution in [0.2, 0.25) is 0 Å². The number of aryl methyl sites for hydroxylation is 2. The van der Waals surface area contributed by atoms with Crippen LogP contribution in [0.1, 0.15) is 43.0 Å². The summed E-state index contributed by atoms with van der Waals surface area (Å²) in [6.07, 6.45) is 2.32. The number of hydrogen-bond donors (Lipinski definition) is 1. The molecule has 2 rings (SSSR count). The van der Waals surface area contributed by atoms with Gasteiger partial charge in [0, 0.05) is 18.0 Å². The first-order valence-corrected chi connectivity index (χ1v) is 8.48. The molecule has 0 aliphatic rings. The van der Waals surface area contributed by atoms with Gasteiger partial charge in [-0.05, 0) is 39.3 Å². The second-order valence-corrected chi connectivity index (χ2v) is 6.79. The molecule has 0 amide bonds. The molecule has 0 spiro atoms. The van der Waals surface area contributed by atoms with E-state index < -0.39 is 0 Å². The molecule has 1 N–H and O–H groups in total. The van der Waals surface area contributed by atoms with E-state index in [1.165, 1.54) is 15.8 Å². The van der Waals surface area contributed by atoms with Crippen LogP contribution in [-0.4, -0.2) is 35.0 Å². The molecule has 0 bridgehead atoms. The van der Waals surface area contributed by atoms with Crippen LogP contribution in [-0.2, 0) is 6.54 Å². The van der Waals surface area contributed by atoms with Gasteiger partial charge in [-0.1, -0.05) is 13.8 Å². The van der Waals surface area contributed by atoms with Crippen molar-refractivity contribution in [2.45, 2.75) is 53.1 Å². The maximum absolute atomic E-state index is 4.78. The van der Waals surface area contributed by atoms with Crippen LogP contribution in [0.15, 0.2) is 0 Å². The van der Waals surface area contributed by atoms with Crippen molar-refractivity contribution in [3.8, 4) is 0 Å². The largest absolute Gasteiger partial charge is 0.372 e. The molecule has 21 heavy (non-hydrogen) atoms. The first kappa shape index (κ1) is 16.2. The van der Waals surface area contributed by atoms with E-state index >= 15 is 0 Å². The van der Waals surface area contributed by atoms with Gasteiger partial charge < -0.3 is 5.32 Å². The van der Waals surface area contributed by atoms with Gasteiger partial charge in [0.1, 0.15) is 16.5 Å². The van der Waals surface area contributed by atoms with E-state index in [0.29, 0.717) is 6.04 Å². The molecule has 0 aromatic carbocycles. The number of thiophene rings is 1. The zero-order valence-corrected chi connectivity index (χ0v) is 14.8.